The van der Waals surface area contributed by atoms with Crippen LogP contribution in [-0.4, -0.2) is 194 Å². The lowest BCUT2D eigenvalue weighted by atomic mass is 10.0. The van der Waals surface area contributed by atoms with E-state index in [1.54, 1.807) is 52.4 Å². The van der Waals surface area contributed by atoms with E-state index in [1.165, 1.54) is 84.6 Å². The number of benzene rings is 1. The van der Waals surface area contributed by atoms with Gasteiger partial charge in [0, 0.05) is 59.0 Å². The molecule has 2 heterocycles. The molecule has 0 aliphatic heterocycles. The zero-order valence-electron chi connectivity index (χ0n) is 55.5. The van der Waals surface area contributed by atoms with Crippen LogP contribution in [0.5, 0.6) is 0 Å². The van der Waals surface area contributed by atoms with Gasteiger partial charge in [-0.15, -0.1) is 11.3 Å². The SMILES string of the molecule is CN[C@@H](CCC(=O)C(=O)NCc1ccccc1)C(C)=O.CN[C@@H](CCC(=O)C(=O)NOCC1CCCC1)C(C)=O.CN[C@@H](CCC(=O)C(=O)Nc1cncs1)C(C)=O.CN[C@@H](CCC(=O)C(=O)OCCOC)C(C)=O.CN[C@@H](CCC(=O)C(=O)c1cn(C)cn1)C(C)=O. The average Bonchev–Trinajstić information content (AvgIpc) is 2.16. The second-order valence-electron chi connectivity index (χ2n) is 21.3. The number of esters is 1. The summed E-state index contributed by atoms with van der Waals surface area (Å²) in [5.74, 6) is -5.97. The molecule has 1 aromatic carbocycles. The van der Waals surface area contributed by atoms with Crippen LogP contribution >= 0.6 is 11.3 Å². The molecule has 8 N–H and O–H groups in total. The van der Waals surface area contributed by atoms with E-state index in [-0.39, 0.29) is 104 Å². The quantitative estimate of drug-likeness (QED) is 0.0133. The Hall–Kier alpha value is -7.97. The summed E-state index contributed by atoms with van der Waals surface area (Å²) in [5, 5.41) is 19.6. The molecule has 30 heteroatoms. The van der Waals surface area contributed by atoms with Crippen molar-refractivity contribution in [1.82, 2.24) is 51.9 Å². The molecule has 5 atom stereocenters. The Morgan fingerprint density at radius 1 is 0.570 bits per heavy atom. The summed E-state index contributed by atoms with van der Waals surface area (Å²) < 4.78 is 10.9. The number of methoxy groups -OCH3 is 1. The number of carbonyl (C=O) groups is 15. The number of nitrogens with zero attached hydrogens (tertiary/aromatic N) is 3. The molecule has 1 aliphatic carbocycles. The Kier molecular flexibility index (Phi) is 45.4. The van der Waals surface area contributed by atoms with Crippen molar-refractivity contribution in [2.45, 2.75) is 161 Å². The second-order valence-corrected chi connectivity index (χ2v) is 22.2. The van der Waals surface area contributed by atoms with Gasteiger partial charge in [-0.05, 0) is 126 Å². The normalized spacial score (nSPS) is 13.0. The van der Waals surface area contributed by atoms with Crippen molar-refractivity contribution in [3.63, 3.8) is 0 Å². The molecular weight excluding hydrogens is 1230 g/mol. The summed E-state index contributed by atoms with van der Waals surface area (Å²) in [6.45, 7) is 8.35. The fourth-order valence-electron chi connectivity index (χ4n) is 8.45. The molecule has 0 spiro atoms. The zero-order valence-corrected chi connectivity index (χ0v) is 56.3. The van der Waals surface area contributed by atoms with Gasteiger partial charge in [0.1, 0.15) is 46.2 Å². The lowest BCUT2D eigenvalue weighted by Gasteiger charge is -2.12. The van der Waals surface area contributed by atoms with E-state index in [1.807, 2.05) is 30.3 Å². The van der Waals surface area contributed by atoms with Crippen molar-refractivity contribution in [3.8, 4) is 0 Å². The largest absolute Gasteiger partial charge is 0.458 e. The first-order valence-corrected chi connectivity index (χ1v) is 31.1. The number of Topliss-reactive ketones (excluding diaryl/α,β-unsaturated/α-hetero) is 11. The van der Waals surface area contributed by atoms with Crippen molar-refractivity contribution >= 4 is 104 Å². The van der Waals surface area contributed by atoms with E-state index in [4.69, 9.17) is 4.84 Å². The molecule has 29 nitrogen and oxygen atoms in total. The molecule has 93 heavy (non-hydrogen) atoms. The number of rotatable bonds is 40. The molecule has 0 unspecified atom stereocenters. The van der Waals surface area contributed by atoms with Gasteiger partial charge >= 0.3 is 11.9 Å². The zero-order chi connectivity index (χ0) is 70.4. The number of ether oxygens (including phenoxy) is 2. The highest BCUT2D eigenvalue weighted by molar-refractivity contribution is 7.14. The van der Waals surface area contributed by atoms with Gasteiger partial charge in [-0.25, -0.2) is 15.3 Å². The van der Waals surface area contributed by atoms with Crippen LogP contribution in [0.4, 0.5) is 5.00 Å². The molecular formula is C63H95N11O18S. The van der Waals surface area contributed by atoms with Crippen molar-refractivity contribution in [2.24, 2.45) is 13.0 Å². The number of imidazole rings is 1. The summed E-state index contributed by atoms with van der Waals surface area (Å²) in [6, 6.07) is 7.44. The highest BCUT2D eigenvalue weighted by atomic mass is 32.1. The van der Waals surface area contributed by atoms with Crippen molar-refractivity contribution in [3.05, 3.63) is 65.8 Å². The van der Waals surface area contributed by atoms with Crippen molar-refractivity contribution < 1.29 is 86.2 Å². The summed E-state index contributed by atoms with van der Waals surface area (Å²) >= 11 is 1.24. The first-order chi connectivity index (χ1) is 44.1. The van der Waals surface area contributed by atoms with Gasteiger partial charge in [0.25, 0.3) is 11.8 Å². The number of hydrogen-bond donors (Lipinski definition) is 8. The molecule has 1 saturated carbocycles. The van der Waals surface area contributed by atoms with Crippen molar-refractivity contribution in [2.75, 3.05) is 67.5 Å². The number of hydroxylamine groups is 1. The van der Waals surface area contributed by atoms with E-state index in [2.05, 4.69) is 62.1 Å². The van der Waals surface area contributed by atoms with Crippen LogP contribution in [0.2, 0.25) is 0 Å². The lowest BCUT2D eigenvalue weighted by Crippen LogP contribution is -2.36. The highest BCUT2D eigenvalue weighted by Gasteiger charge is 2.25. The van der Waals surface area contributed by atoms with Crippen LogP contribution in [0.1, 0.15) is 141 Å². The number of carbonyl (C=O) groups excluding carboxylic acids is 15. The molecule has 1 aliphatic rings. The first-order valence-electron chi connectivity index (χ1n) is 30.3. The van der Waals surface area contributed by atoms with E-state index < -0.39 is 64.4 Å². The minimum absolute atomic E-state index is 0.00307. The number of ketones is 11. The van der Waals surface area contributed by atoms with E-state index in [0.717, 1.165) is 18.4 Å². The fourth-order valence-corrected chi connectivity index (χ4v) is 8.96. The second kappa shape index (κ2) is 49.6. The Morgan fingerprint density at radius 2 is 1.00 bits per heavy atom. The third-order valence-electron chi connectivity index (χ3n) is 14.1. The first kappa shape index (κ1) is 85.0. The van der Waals surface area contributed by atoms with Gasteiger partial charge in [-0.2, -0.15) is 0 Å². The monoisotopic (exact) mass is 1330 g/mol. The Morgan fingerprint density at radius 3 is 1.40 bits per heavy atom. The predicted molar refractivity (Wildman–Crippen MR) is 344 cm³/mol. The van der Waals surface area contributed by atoms with Crippen LogP contribution in [0.3, 0.4) is 0 Å². The number of thiazole rings is 1. The maximum Gasteiger partial charge on any atom is 0.374 e. The van der Waals surface area contributed by atoms with Crippen LogP contribution in [-0.2, 0) is 95.0 Å². The molecule has 2 aromatic heterocycles. The maximum atomic E-state index is 11.7. The number of hydrogen-bond acceptors (Lipinski definition) is 26. The van der Waals surface area contributed by atoms with Gasteiger partial charge in [0.15, 0.2) is 0 Å². The Balaban J connectivity index is 0.00000114. The minimum atomic E-state index is -0.875. The average molecular weight is 1330 g/mol. The van der Waals surface area contributed by atoms with Gasteiger partial charge < -0.3 is 51.3 Å². The lowest BCUT2D eigenvalue weighted by molar-refractivity contribution is -0.154. The highest BCUT2D eigenvalue weighted by Crippen LogP contribution is 2.24. The minimum Gasteiger partial charge on any atom is -0.458 e. The van der Waals surface area contributed by atoms with Gasteiger partial charge in [-0.3, -0.25) is 76.9 Å². The number of nitrogens with one attached hydrogen (secondary N) is 8. The molecule has 0 radical (unpaired) electrons. The van der Waals surface area contributed by atoms with Crippen molar-refractivity contribution in [1.29, 1.82) is 0 Å². The van der Waals surface area contributed by atoms with E-state index in [0.29, 0.717) is 56.2 Å². The molecule has 3 aromatic rings. The summed E-state index contributed by atoms with van der Waals surface area (Å²) in [6.07, 6.45) is 10.9. The molecule has 3 amide bonds. The summed E-state index contributed by atoms with van der Waals surface area (Å²) in [7, 11) is 11.4. The van der Waals surface area contributed by atoms with Gasteiger partial charge in [0.2, 0.25) is 34.7 Å². The third kappa shape index (κ3) is 38.0. The number of amides is 3. The van der Waals surface area contributed by atoms with E-state index in [9.17, 15) is 71.9 Å². The van der Waals surface area contributed by atoms with Gasteiger partial charge in [-0.1, -0.05) is 43.2 Å². The maximum absolute atomic E-state index is 11.7. The molecule has 1 fully saturated rings. The molecule has 516 valence electrons. The van der Waals surface area contributed by atoms with Crippen LogP contribution in [0.25, 0.3) is 0 Å². The van der Waals surface area contributed by atoms with Crippen LogP contribution in [0, 0.1) is 5.92 Å². The van der Waals surface area contributed by atoms with E-state index >= 15 is 0 Å². The predicted octanol–water partition coefficient (Wildman–Crippen LogP) is 2.02. The number of aromatic nitrogens is 3. The standard InChI is InChI=1S/C15H20N2O3.C14H24N2O4.C12H17N3O3.C11H15N3O3S.C11H19NO5/c1-11(18)13(16-2)8-9-14(19)15(20)17-10-12-6-4-3-5-7-12;1-10(17)12(15-2)7-8-13(18)14(19)16-20-9-11-5-3-4-6-11;1-8(16)9(13-2)4-5-11(17)12(18)10-6-15(3)7-14-10;1-7(15)8(12-2)3-4-9(16)11(17)14-10-5-13-6-18-10;1-8(13)9(12-2)4-5-10(14)11(15)17-7-6-16-3/h3-7,13,16H,8-10H2,1-2H3,(H,17,20);11-12,15H,3-9H2,1-2H3,(H,16,19);6-7,9,13H,4-5H2,1-3H3;5-6,8,12H,3-4H2,1-2H3,(H,14,17);9,12H,4-7H2,1-3H3/t13-;12-;9-;8-;9-/m00000/s1. The fraction of sp³-hybridized carbons (Fsp3) is 0.571. The van der Waals surface area contributed by atoms with Crippen LogP contribution in [0.15, 0.2) is 54.6 Å². The Bertz CT molecular complexity index is 2880. The molecule has 0 bridgehead atoms. The summed E-state index contributed by atoms with van der Waals surface area (Å²) in [5.41, 5.74) is 4.83. The Labute approximate surface area is 547 Å². The topological polar surface area (TPSA) is 411 Å². The number of aryl methyl sites for hydroxylation is 1. The van der Waals surface area contributed by atoms with Gasteiger partial charge in [0.05, 0.1) is 61.5 Å². The van der Waals surface area contributed by atoms with Crippen LogP contribution < -0.4 is 42.7 Å². The molecule has 4 rings (SSSR count). The summed E-state index contributed by atoms with van der Waals surface area (Å²) in [4.78, 5) is 184. The smallest absolute Gasteiger partial charge is 0.374 e. The third-order valence-corrected chi connectivity index (χ3v) is 14.8. The number of anilines is 1. The molecule has 0 saturated heterocycles. The number of likely N-dealkylation sites (N-methyl/N-ethyl adjacent to an activating group) is 5.